The molecule has 3 rings (SSSR count). The van der Waals surface area contributed by atoms with E-state index in [1.807, 2.05) is 0 Å². The lowest BCUT2D eigenvalue weighted by molar-refractivity contribution is -0.159. The first-order valence-corrected chi connectivity index (χ1v) is 11.5. The molecule has 0 unspecified atom stereocenters. The van der Waals surface area contributed by atoms with E-state index in [0.717, 1.165) is 23.1 Å². The smallest absolute Gasteiger partial charge is 0.413 e. The molecule has 0 aliphatic carbocycles. The van der Waals surface area contributed by atoms with Gasteiger partial charge in [-0.2, -0.15) is 0 Å². The number of aryl methyl sites for hydroxylation is 1. The maximum Gasteiger partial charge on any atom is 0.413 e. The summed E-state index contributed by atoms with van der Waals surface area (Å²) in [5, 5.41) is 4.85. The highest BCUT2D eigenvalue weighted by atomic mass is 19.3. The molecule has 1 aliphatic heterocycles. The normalized spacial score (nSPS) is 19.2. The SMILES string of the molecule is Cc1cc(NC(=O)C(=O)N2C[C@@H](C)C(F)(F)C[C@@H]2c2ccc(F)c(F)c2)cnc1NC(=O)OC(C)(C)C. The first-order chi connectivity index (χ1) is 17.1. The molecule has 2 atom stereocenters. The van der Waals surface area contributed by atoms with Crippen molar-refractivity contribution < 1.29 is 36.7 Å². The Hall–Kier alpha value is -3.70. The third-order valence-corrected chi connectivity index (χ3v) is 5.77. The van der Waals surface area contributed by atoms with Gasteiger partial charge in [-0.05, 0) is 57.0 Å². The minimum absolute atomic E-state index is 0.0540. The predicted octanol–water partition coefficient (Wildman–Crippen LogP) is 5.20. The van der Waals surface area contributed by atoms with E-state index < -0.39 is 66.0 Å². The highest BCUT2D eigenvalue weighted by Gasteiger charge is 2.48. The Balaban J connectivity index is 1.77. The molecule has 200 valence electrons. The molecule has 0 bridgehead atoms. The molecule has 0 radical (unpaired) electrons. The number of hydrogen-bond acceptors (Lipinski definition) is 5. The van der Waals surface area contributed by atoms with Gasteiger partial charge < -0.3 is 15.0 Å². The van der Waals surface area contributed by atoms with Gasteiger partial charge in [0.25, 0.3) is 5.92 Å². The van der Waals surface area contributed by atoms with Crippen molar-refractivity contribution in [1.29, 1.82) is 0 Å². The molecule has 1 fully saturated rings. The molecule has 37 heavy (non-hydrogen) atoms. The molecule has 3 amide bonds. The molecule has 8 nitrogen and oxygen atoms in total. The van der Waals surface area contributed by atoms with Gasteiger partial charge in [0.05, 0.1) is 17.9 Å². The van der Waals surface area contributed by atoms with Gasteiger partial charge in [-0.1, -0.05) is 13.0 Å². The van der Waals surface area contributed by atoms with Crippen molar-refractivity contribution >= 4 is 29.4 Å². The van der Waals surface area contributed by atoms with Crippen molar-refractivity contribution in [3.05, 3.63) is 53.2 Å². The maximum atomic E-state index is 14.5. The summed E-state index contributed by atoms with van der Waals surface area (Å²) in [5.74, 6) is -8.96. The van der Waals surface area contributed by atoms with E-state index in [2.05, 4.69) is 15.6 Å². The molecular formula is C25H28F4N4O4. The largest absolute Gasteiger partial charge is 0.444 e. The van der Waals surface area contributed by atoms with E-state index in [4.69, 9.17) is 4.74 Å². The third kappa shape index (κ3) is 6.75. The summed E-state index contributed by atoms with van der Waals surface area (Å²) in [7, 11) is 0. The van der Waals surface area contributed by atoms with Gasteiger partial charge in [-0.3, -0.25) is 14.9 Å². The Bertz CT molecular complexity index is 1220. The van der Waals surface area contributed by atoms with Crippen molar-refractivity contribution in [2.45, 2.75) is 58.6 Å². The molecule has 1 saturated heterocycles. The number of ether oxygens (including phenoxy) is 1. The second kappa shape index (κ2) is 10.3. The second-order valence-electron chi connectivity index (χ2n) is 9.98. The van der Waals surface area contributed by atoms with Crippen LogP contribution in [0.5, 0.6) is 0 Å². The summed E-state index contributed by atoms with van der Waals surface area (Å²) >= 11 is 0. The number of nitrogens with one attached hydrogen (secondary N) is 2. The quantitative estimate of drug-likeness (QED) is 0.425. The van der Waals surface area contributed by atoms with Crippen LogP contribution < -0.4 is 10.6 Å². The lowest BCUT2D eigenvalue weighted by Gasteiger charge is -2.42. The van der Waals surface area contributed by atoms with Crippen LogP contribution in [0.25, 0.3) is 0 Å². The fourth-order valence-corrected chi connectivity index (χ4v) is 3.86. The van der Waals surface area contributed by atoms with Gasteiger partial charge in [0.1, 0.15) is 11.4 Å². The highest BCUT2D eigenvalue weighted by molar-refractivity contribution is 6.39. The minimum Gasteiger partial charge on any atom is -0.444 e. The number of aromatic nitrogens is 1. The number of amides is 3. The van der Waals surface area contributed by atoms with Crippen molar-refractivity contribution in [3.63, 3.8) is 0 Å². The summed E-state index contributed by atoms with van der Waals surface area (Å²) < 4.78 is 61.4. The number of rotatable bonds is 3. The number of anilines is 2. The lowest BCUT2D eigenvalue weighted by atomic mass is 9.86. The number of halogens is 4. The number of benzene rings is 1. The molecule has 1 aromatic carbocycles. The average Bonchev–Trinajstić information content (AvgIpc) is 2.77. The van der Waals surface area contributed by atoms with Gasteiger partial charge in [0.2, 0.25) is 0 Å². The molecule has 2 N–H and O–H groups in total. The Morgan fingerprint density at radius 1 is 1.11 bits per heavy atom. The Labute approximate surface area is 211 Å². The van der Waals surface area contributed by atoms with E-state index in [9.17, 15) is 31.9 Å². The van der Waals surface area contributed by atoms with E-state index in [0.29, 0.717) is 5.56 Å². The molecule has 12 heteroatoms. The van der Waals surface area contributed by atoms with Crippen LogP contribution in [0.4, 0.5) is 33.9 Å². The van der Waals surface area contributed by atoms with Crippen LogP contribution in [0, 0.1) is 24.5 Å². The summed E-state index contributed by atoms with van der Waals surface area (Å²) in [6, 6.07) is 2.74. The molecular weight excluding hydrogens is 496 g/mol. The Morgan fingerprint density at radius 2 is 1.78 bits per heavy atom. The predicted molar refractivity (Wildman–Crippen MR) is 127 cm³/mol. The zero-order valence-corrected chi connectivity index (χ0v) is 21.0. The summed E-state index contributed by atoms with van der Waals surface area (Å²) in [6.45, 7) is 7.46. The molecule has 0 saturated carbocycles. The van der Waals surface area contributed by atoms with Crippen LogP contribution in [0.3, 0.4) is 0 Å². The van der Waals surface area contributed by atoms with Crippen LogP contribution in [0.15, 0.2) is 30.5 Å². The molecule has 0 spiro atoms. The summed E-state index contributed by atoms with van der Waals surface area (Å²) in [4.78, 5) is 42.8. The maximum absolute atomic E-state index is 14.5. The Morgan fingerprint density at radius 3 is 2.38 bits per heavy atom. The summed E-state index contributed by atoms with van der Waals surface area (Å²) in [6.07, 6.45) is -0.386. The monoisotopic (exact) mass is 524 g/mol. The number of pyridine rings is 1. The first kappa shape index (κ1) is 27.9. The number of carbonyl (C=O) groups excluding carboxylic acids is 3. The highest BCUT2D eigenvalue weighted by Crippen LogP contribution is 2.43. The number of piperidine rings is 1. The molecule has 2 aromatic rings. The van der Waals surface area contributed by atoms with Crippen molar-refractivity contribution in [1.82, 2.24) is 9.88 Å². The van der Waals surface area contributed by atoms with Gasteiger partial charge in [-0.15, -0.1) is 0 Å². The first-order valence-electron chi connectivity index (χ1n) is 11.5. The van der Waals surface area contributed by atoms with Crippen LogP contribution >= 0.6 is 0 Å². The van der Waals surface area contributed by atoms with Crippen molar-refractivity contribution in [2.24, 2.45) is 5.92 Å². The van der Waals surface area contributed by atoms with Gasteiger partial charge in [0, 0.05) is 18.9 Å². The average molecular weight is 525 g/mol. The van der Waals surface area contributed by atoms with Crippen LogP contribution in [-0.2, 0) is 14.3 Å². The fourth-order valence-electron chi connectivity index (χ4n) is 3.86. The van der Waals surface area contributed by atoms with E-state index in [1.54, 1.807) is 27.7 Å². The fraction of sp³-hybridized carbons (Fsp3) is 0.440. The number of likely N-dealkylation sites (tertiary alicyclic amines) is 1. The molecule has 1 aromatic heterocycles. The minimum atomic E-state index is -3.19. The van der Waals surface area contributed by atoms with E-state index >= 15 is 0 Å². The summed E-state index contributed by atoms with van der Waals surface area (Å²) in [5.41, 5.74) is -0.214. The van der Waals surface area contributed by atoms with E-state index in [1.165, 1.54) is 19.2 Å². The second-order valence-corrected chi connectivity index (χ2v) is 9.98. The van der Waals surface area contributed by atoms with Crippen molar-refractivity contribution in [3.8, 4) is 0 Å². The van der Waals surface area contributed by atoms with Crippen molar-refractivity contribution in [2.75, 3.05) is 17.2 Å². The van der Waals surface area contributed by atoms with Gasteiger partial charge >= 0.3 is 17.9 Å². The molecule has 1 aliphatic rings. The standard InChI is InChI=1S/C25H28F4N4O4/c1-13-8-16(11-30-20(13)32-23(36)37-24(3,4)5)31-21(34)22(35)33-12-14(2)25(28,29)10-19(33)15-6-7-17(26)18(27)9-15/h6-9,11,14,19H,10,12H2,1-5H3,(H,31,34)(H,30,32,36)/t14-,19-/m1/s1. The van der Waals surface area contributed by atoms with Crippen LogP contribution in [0.1, 0.15) is 51.3 Å². The zero-order valence-electron chi connectivity index (χ0n) is 21.0. The third-order valence-electron chi connectivity index (χ3n) is 5.77. The van der Waals surface area contributed by atoms with Crippen LogP contribution in [-0.4, -0.2) is 45.9 Å². The van der Waals surface area contributed by atoms with E-state index in [-0.39, 0.29) is 17.1 Å². The number of alkyl halides is 2. The lowest BCUT2D eigenvalue weighted by Crippen LogP contribution is -2.52. The topological polar surface area (TPSA) is 101 Å². The number of carbonyl (C=O) groups is 3. The van der Waals surface area contributed by atoms with Gasteiger partial charge in [-0.25, -0.2) is 27.3 Å². The van der Waals surface area contributed by atoms with Gasteiger partial charge in [0.15, 0.2) is 11.6 Å². The Kier molecular flexibility index (Phi) is 7.80. The van der Waals surface area contributed by atoms with Crippen LogP contribution in [0.2, 0.25) is 0 Å². The number of nitrogens with zero attached hydrogens (tertiary/aromatic N) is 2. The number of hydrogen-bond donors (Lipinski definition) is 2. The zero-order chi connectivity index (χ0) is 27.7. The molecule has 2 heterocycles.